The lowest BCUT2D eigenvalue weighted by Crippen LogP contribution is -2.40. The molecule has 1 aromatic carbocycles. The summed E-state index contributed by atoms with van der Waals surface area (Å²) >= 11 is 3.45. The number of benzene rings is 1. The number of amides is 2. The highest BCUT2D eigenvalue weighted by Gasteiger charge is 2.54. The maximum absolute atomic E-state index is 13.2. The third-order valence-corrected chi connectivity index (χ3v) is 8.06. The van der Waals surface area contributed by atoms with Crippen LogP contribution in [0.3, 0.4) is 0 Å². The molecular weight excluding hydrogens is 522 g/mol. The molecule has 2 amide bonds. The Labute approximate surface area is 223 Å². The van der Waals surface area contributed by atoms with Crippen LogP contribution in [0.2, 0.25) is 0 Å². The molecule has 198 valence electrons. The van der Waals surface area contributed by atoms with E-state index in [4.69, 9.17) is 0 Å². The van der Waals surface area contributed by atoms with E-state index in [2.05, 4.69) is 22.9 Å². The van der Waals surface area contributed by atoms with Gasteiger partial charge in [0, 0.05) is 22.5 Å². The number of aliphatic hydroxyl groups is 2. The van der Waals surface area contributed by atoms with Gasteiger partial charge in [-0.3, -0.25) is 14.5 Å². The average Bonchev–Trinajstić information content (AvgIpc) is 3.08. The molecule has 3 N–H and O–H groups in total. The molecule has 0 bridgehead atoms. The van der Waals surface area contributed by atoms with Crippen molar-refractivity contribution in [3.05, 3.63) is 45.0 Å². The highest BCUT2D eigenvalue weighted by atomic mass is 79.9. The Kier molecular flexibility index (Phi) is 9.95. The number of fused-ring (bicyclic) bond motifs is 1. The zero-order chi connectivity index (χ0) is 26.6. The summed E-state index contributed by atoms with van der Waals surface area (Å²) < 4.78 is 0.879. The topological polar surface area (TPSA) is 98.1 Å². The third kappa shape index (κ3) is 5.95. The van der Waals surface area contributed by atoms with Gasteiger partial charge in [-0.15, -0.1) is 0 Å². The van der Waals surface area contributed by atoms with Crippen LogP contribution in [-0.4, -0.2) is 51.3 Å². The number of allylic oxidation sites excluding steroid dienone is 2. The monoisotopic (exact) mass is 561 g/mol. The summed E-state index contributed by atoms with van der Waals surface area (Å²) in [5.41, 5.74) is 3.58. The fourth-order valence-corrected chi connectivity index (χ4v) is 6.26. The molecule has 1 heterocycles. The summed E-state index contributed by atoms with van der Waals surface area (Å²) in [5, 5.41) is 32.1. The second-order valence-corrected chi connectivity index (χ2v) is 11.3. The highest BCUT2D eigenvalue weighted by Crippen LogP contribution is 2.48. The number of likely N-dealkylation sites (tertiary alicyclic amines) is 1. The van der Waals surface area contributed by atoms with Gasteiger partial charge >= 0.3 is 0 Å². The number of aliphatic hydroxyl groups excluding tert-OH is 2. The molecule has 1 aromatic rings. The van der Waals surface area contributed by atoms with Gasteiger partial charge in [-0.25, -0.2) is 0 Å². The molecule has 0 spiro atoms. The smallest absolute Gasteiger partial charge is 0.233 e. The number of nitrogens with zero attached hydrogens (tertiary/aromatic N) is 1. The van der Waals surface area contributed by atoms with Gasteiger partial charge < -0.3 is 15.3 Å². The minimum absolute atomic E-state index is 0.0945. The number of carbonyl (C=O) groups is 2. The summed E-state index contributed by atoms with van der Waals surface area (Å²) in [7, 11) is 0. The van der Waals surface area contributed by atoms with Crippen molar-refractivity contribution in [2.75, 3.05) is 13.2 Å². The van der Waals surface area contributed by atoms with E-state index in [9.17, 15) is 24.9 Å². The van der Waals surface area contributed by atoms with Crippen LogP contribution in [0.5, 0.6) is 5.75 Å². The molecule has 0 radical (unpaired) electrons. The van der Waals surface area contributed by atoms with E-state index in [1.54, 1.807) is 12.1 Å². The number of halogens is 1. The zero-order valence-corrected chi connectivity index (χ0v) is 23.4. The average molecular weight is 563 g/mol. The first-order valence-electron chi connectivity index (χ1n) is 13.2. The fourth-order valence-electron chi connectivity index (χ4n) is 5.88. The molecule has 7 heteroatoms. The van der Waals surface area contributed by atoms with E-state index in [1.807, 2.05) is 32.9 Å². The van der Waals surface area contributed by atoms with E-state index in [1.165, 1.54) is 4.90 Å². The first-order valence-corrected chi connectivity index (χ1v) is 14.0. The first kappa shape index (κ1) is 28.6. The molecule has 0 unspecified atom stereocenters. The SMILES string of the molecule is CCC/C(=C\c1cc(Br)ccc1O)CC[C@@H](O)C1=C(C(C)C)C[C@H]2C(=O)N(CCC)C(=O)[C@H]2[C@H]1CO. The van der Waals surface area contributed by atoms with Crippen LogP contribution in [0.25, 0.3) is 6.08 Å². The molecule has 0 saturated carbocycles. The Morgan fingerprint density at radius 3 is 2.50 bits per heavy atom. The Hall–Kier alpha value is -1.96. The quantitative estimate of drug-likeness (QED) is 0.246. The molecule has 2 aliphatic rings. The molecule has 3 rings (SSSR count). The van der Waals surface area contributed by atoms with Crippen LogP contribution in [0.15, 0.2) is 39.4 Å². The molecule has 6 nitrogen and oxygen atoms in total. The lowest BCUT2D eigenvalue weighted by Gasteiger charge is -2.38. The minimum Gasteiger partial charge on any atom is -0.507 e. The van der Waals surface area contributed by atoms with Crippen LogP contribution in [0, 0.1) is 23.7 Å². The van der Waals surface area contributed by atoms with Crippen LogP contribution in [0.1, 0.15) is 71.8 Å². The number of rotatable bonds is 11. The Morgan fingerprint density at radius 1 is 1.17 bits per heavy atom. The highest BCUT2D eigenvalue weighted by molar-refractivity contribution is 9.10. The van der Waals surface area contributed by atoms with Crippen molar-refractivity contribution < 1.29 is 24.9 Å². The van der Waals surface area contributed by atoms with Crippen molar-refractivity contribution in [3.8, 4) is 5.75 Å². The number of aromatic hydroxyl groups is 1. The normalized spacial score (nSPS) is 23.6. The Balaban J connectivity index is 1.89. The second-order valence-electron chi connectivity index (χ2n) is 10.4. The summed E-state index contributed by atoms with van der Waals surface area (Å²) in [6.45, 7) is 8.24. The fraction of sp³-hybridized carbons (Fsp3) is 0.586. The molecule has 1 saturated heterocycles. The second kappa shape index (κ2) is 12.5. The largest absolute Gasteiger partial charge is 0.507 e. The van der Waals surface area contributed by atoms with Gasteiger partial charge in [0.2, 0.25) is 11.8 Å². The van der Waals surface area contributed by atoms with Crippen molar-refractivity contribution >= 4 is 33.8 Å². The zero-order valence-electron chi connectivity index (χ0n) is 21.8. The number of carbonyl (C=O) groups excluding carboxylic acids is 2. The van der Waals surface area contributed by atoms with Crippen molar-refractivity contribution in [2.45, 2.75) is 72.3 Å². The van der Waals surface area contributed by atoms with Crippen LogP contribution < -0.4 is 0 Å². The predicted molar refractivity (Wildman–Crippen MR) is 145 cm³/mol. The predicted octanol–water partition coefficient (Wildman–Crippen LogP) is 5.46. The Morgan fingerprint density at radius 2 is 1.89 bits per heavy atom. The lowest BCUT2D eigenvalue weighted by molar-refractivity contribution is -0.140. The maximum Gasteiger partial charge on any atom is 0.233 e. The summed E-state index contributed by atoms with van der Waals surface area (Å²) in [6, 6.07) is 5.31. The van der Waals surface area contributed by atoms with E-state index < -0.39 is 23.9 Å². The van der Waals surface area contributed by atoms with Crippen LogP contribution >= 0.6 is 15.9 Å². The standard InChI is InChI=1S/C29H40BrNO5/c1-5-7-18(13-19-14-20(30)9-11-24(19)33)8-10-25(34)26-21(17(3)4)15-22-27(23(26)16-32)29(36)31(12-6-2)28(22)35/h9,11,13-14,17,22-23,25,27,32-34H,5-8,10,12,15-16H2,1-4H3/b18-13+/t22-,23+,25-,27-/m1/s1. The van der Waals surface area contributed by atoms with Crippen LogP contribution in [-0.2, 0) is 9.59 Å². The summed E-state index contributed by atoms with van der Waals surface area (Å²) in [6.07, 6.45) is 5.15. The molecule has 36 heavy (non-hydrogen) atoms. The van der Waals surface area contributed by atoms with Gasteiger partial charge in [-0.05, 0) is 61.8 Å². The van der Waals surface area contributed by atoms with E-state index in [-0.39, 0.29) is 30.1 Å². The molecule has 1 aliphatic heterocycles. The number of hydrogen-bond acceptors (Lipinski definition) is 5. The molecule has 1 fully saturated rings. The minimum atomic E-state index is -0.819. The van der Waals surface area contributed by atoms with Crippen LogP contribution in [0.4, 0.5) is 0 Å². The van der Waals surface area contributed by atoms with Gasteiger partial charge in [0.25, 0.3) is 0 Å². The number of hydrogen-bond donors (Lipinski definition) is 3. The van der Waals surface area contributed by atoms with Crippen molar-refractivity contribution in [1.82, 2.24) is 4.90 Å². The van der Waals surface area contributed by atoms with Crippen molar-refractivity contribution in [1.29, 1.82) is 0 Å². The van der Waals surface area contributed by atoms with E-state index in [0.717, 1.165) is 39.6 Å². The van der Waals surface area contributed by atoms with Gasteiger partial charge in [0.05, 0.1) is 24.5 Å². The van der Waals surface area contributed by atoms with E-state index >= 15 is 0 Å². The number of imide groups is 1. The van der Waals surface area contributed by atoms with Gasteiger partial charge in [0.15, 0.2) is 0 Å². The lowest BCUT2D eigenvalue weighted by atomic mass is 9.66. The molecule has 4 atom stereocenters. The third-order valence-electron chi connectivity index (χ3n) is 7.57. The molecular formula is C29H40BrNO5. The van der Waals surface area contributed by atoms with Gasteiger partial charge in [-0.2, -0.15) is 0 Å². The van der Waals surface area contributed by atoms with Crippen molar-refractivity contribution in [3.63, 3.8) is 0 Å². The van der Waals surface area contributed by atoms with Gasteiger partial charge in [-0.1, -0.05) is 67.3 Å². The Bertz CT molecular complexity index is 1030. The molecule has 0 aromatic heterocycles. The van der Waals surface area contributed by atoms with Gasteiger partial charge in [0.1, 0.15) is 5.75 Å². The maximum atomic E-state index is 13.2. The summed E-state index contributed by atoms with van der Waals surface area (Å²) in [5.74, 6) is -1.67. The number of phenols is 1. The van der Waals surface area contributed by atoms with E-state index in [0.29, 0.717) is 32.2 Å². The molecule has 1 aliphatic carbocycles. The summed E-state index contributed by atoms with van der Waals surface area (Å²) in [4.78, 5) is 27.6. The number of phenolic OH excluding ortho intramolecular Hbond substituents is 1. The first-order chi connectivity index (χ1) is 17.1. The van der Waals surface area contributed by atoms with Crippen molar-refractivity contribution in [2.24, 2.45) is 23.7 Å².